The summed E-state index contributed by atoms with van der Waals surface area (Å²) < 4.78 is 0. The standard InChI is InChI=1S/C30H23B2N/c1-3-12-22(13-4-1)31-24-16-7-9-20-28(24)33-29-21-10-8-17-25(29)32(23-14-5-2-6-15-23)27-19-11-18-26(31)30(27)33/h1-14,16-21,23H,15H2. The van der Waals surface area contributed by atoms with Crippen molar-refractivity contribution in [2.75, 3.05) is 4.90 Å². The molecule has 154 valence electrons. The first-order valence-corrected chi connectivity index (χ1v) is 11.9. The van der Waals surface area contributed by atoms with E-state index in [9.17, 15) is 0 Å². The van der Waals surface area contributed by atoms with Gasteiger partial charge in [-0.15, -0.1) is 0 Å². The maximum absolute atomic E-state index is 2.54. The van der Waals surface area contributed by atoms with E-state index in [1.165, 1.54) is 44.4 Å². The zero-order valence-electron chi connectivity index (χ0n) is 18.4. The molecule has 2 heterocycles. The lowest BCUT2D eigenvalue weighted by atomic mass is 9.28. The Morgan fingerprint density at radius 2 is 1.27 bits per heavy atom. The van der Waals surface area contributed by atoms with Gasteiger partial charge < -0.3 is 4.90 Å². The predicted octanol–water partition coefficient (Wildman–Crippen LogP) is 3.79. The second-order valence-electron chi connectivity index (χ2n) is 9.27. The van der Waals surface area contributed by atoms with Crippen LogP contribution in [0.2, 0.25) is 5.82 Å². The molecule has 0 bridgehead atoms. The highest BCUT2D eigenvalue weighted by atomic mass is 15.2. The van der Waals surface area contributed by atoms with Crippen LogP contribution in [-0.2, 0) is 0 Å². The molecule has 0 saturated carbocycles. The van der Waals surface area contributed by atoms with Crippen molar-refractivity contribution in [3.8, 4) is 0 Å². The zero-order chi connectivity index (χ0) is 21.8. The monoisotopic (exact) mass is 419 g/mol. The van der Waals surface area contributed by atoms with Gasteiger partial charge in [-0.3, -0.25) is 0 Å². The Morgan fingerprint density at radius 1 is 0.606 bits per heavy atom. The van der Waals surface area contributed by atoms with Crippen LogP contribution in [0, 0.1) is 0 Å². The van der Waals surface area contributed by atoms with Crippen LogP contribution in [0.4, 0.5) is 17.1 Å². The summed E-state index contributed by atoms with van der Waals surface area (Å²) in [6, 6.07) is 36.0. The van der Waals surface area contributed by atoms with Crippen molar-refractivity contribution in [1.82, 2.24) is 0 Å². The number of hydrogen-bond donors (Lipinski definition) is 0. The van der Waals surface area contributed by atoms with Crippen LogP contribution in [0.5, 0.6) is 0 Å². The van der Waals surface area contributed by atoms with E-state index in [2.05, 4.69) is 126 Å². The third-order valence-corrected chi connectivity index (χ3v) is 7.54. The molecule has 1 aliphatic carbocycles. The van der Waals surface area contributed by atoms with Gasteiger partial charge in [0.25, 0.3) is 0 Å². The van der Waals surface area contributed by atoms with Gasteiger partial charge in [-0.25, -0.2) is 0 Å². The van der Waals surface area contributed by atoms with Gasteiger partial charge in [0, 0.05) is 17.1 Å². The molecule has 0 aromatic heterocycles. The minimum absolute atomic E-state index is 0.237. The number of benzene rings is 4. The van der Waals surface area contributed by atoms with Crippen molar-refractivity contribution in [3.63, 3.8) is 0 Å². The van der Waals surface area contributed by atoms with Crippen molar-refractivity contribution < 1.29 is 0 Å². The molecule has 0 spiro atoms. The van der Waals surface area contributed by atoms with E-state index in [0.717, 1.165) is 6.42 Å². The lowest BCUT2D eigenvalue weighted by Crippen LogP contribution is -2.63. The summed E-state index contributed by atoms with van der Waals surface area (Å²) in [6.45, 7) is 0.594. The Balaban J connectivity index is 1.54. The van der Waals surface area contributed by atoms with Gasteiger partial charge in [0.2, 0.25) is 13.4 Å². The molecule has 0 N–H and O–H groups in total. The average Bonchev–Trinajstić information content (AvgIpc) is 2.89. The zero-order valence-corrected chi connectivity index (χ0v) is 18.4. The van der Waals surface area contributed by atoms with E-state index in [-0.39, 0.29) is 6.71 Å². The van der Waals surface area contributed by atoms with Crippen LogP contribution in [0.1, 0.15) is 6.42 Å². The first-order chi connectivity index (χ1) is 16.4. The van der Waals surface area contributed by atoms with Gasteiger partial charge in [-0.05, 0) is 40.8 Å². The highest BCUT2D eigenvalue weighted by Crippen LogP contribution is 2.39. The summed E-state index contributed by atoms with van der Waals surface area (Å²) in [4.78, 5) is 2.54. The summed E-state index contributed by atoms with van der Waals surface area (Å²) in [6.07, 6.45) is 10.2. The number of hydrogen-bond acceptors (Lipinski definition) is 1. The summed E-state index contributed by atoms with van der Waals surface area (Å²) >= 11 is 0. The molecular weight excluding hydrogens is 396 g/mol. The number of anilines is 3. The van der Waals surface area contributed by atoms with E-state index in [4.69, 9.17) is 0 Å². The molecule has 1 nitrogen and oxygen atoms in total. The molecule has 4 aromatic rings. The van der Waals surface area contributed by atoms with Crippen molar-refractivity contribution in [1.29, 1.82) is 0 Å². The van der Waals surface area contributed by atoms with E-state index in [0.29, 0.717) is 12.5 Å². The number of rotatable bonds is 2. The summed E-state index contributed by atoms with van der Waals surface area (Å²) in [5.74, 6) is 0.470. The molecule has 3 heteroatoms. The number of para-hydroxylation sites is 3. The first kappa shape index (κ1) is 18.8. The van der Waals surface area contributed by atoms with Crippen LogP contribution in [0.15, 0.2) is 121 Å². The number of nitrogens with zero attached hydrogens (tertiary/aromatic N) is 1. The fraction of sp³-hybridized carbons (Fsp3) is 0.0667. The fourth-order valence-corrected chi connectivity index (χ4v) is 6.23. The predicted molar refractivity (Wildman–Crippen MR) is 144 cm³/mol. The Hall–Kier alpha value is -3.71. The molecule has 4 aromatic carbocycles. The second-order valence-corrected chi connectivity index (χ2v) is 9.27. The second kappa shape index (κ2) is 7.42. The lowest BCUT2D eigenvalue weighted by Gasteiger charge is -2.44. The Labute approximate surface area is 196 Å². The van der Waals surface area contributed by atoms with Crippen molar-refractivity contribution in [3.05, 3.63) is 121 Å². The fourth-order valence-electron chi connectivity index (χ4n) is 6.23. The number of allylic oxidation sites excluding steroid dienone is 4. The third kappa shape index (κ3) is 2.75. The largest absolute Gasteiger partial charge is 0.313 e. The van der Waals surface area contributed by atoms with Gasteiger partial charge in [-0.1, -0.05) is 120 Å². The van der Waals surface area contributed by atoms with Crippen LogP contribution in [0.25, 0.3) is 0 Å². The molecule has 0 amide bonds. The van der Waals surface area contributed by atoms with Crippen LogP contribution in [-0.4, -0.2) is 13.4 Å². The van der Waals surface area contributed by atoms with Crippen molar-refractivity contribution in [2.45, 2.75) is 12.2 Å². The number of fused-ring (bicyclic) bond motifs is 4. The molecule has 0 saturated heterocycles. The van der Waals surface area contributed by atoms with Gasteiger partial charge in [0.05, 0.1) is 0 Å². The maximum Gasteiger partial charge on any atom is 0.246 e. The smallest absolute Gasteiger partial charge is 0.246 e. The van der Waals surface area contributed by atoms with E-state index in [1.54, 1.807) is 0 Å². The molecule has 1 unspecified atom stereocenters. The third-order valence-electron chi connectivity index (χ3n) is 7.54. The van der Waals surface area contributed by atoms with Crippen LogP contribution < -0.4 is 32.2 Å². The summed E-state index contributed by atoms with van der Waals surface area (Å²) in [5, 5.41) is 0. The van der Waals surface area contributed by atoms with E-state index in [1.807, 2.05) is 0 Å². The topological polar surface area (TPSA) is 3.24 Å². The summed E-state index contributed by atoms with van der Waals surface area (Å²) in [7, 11) is 0. The van der Waals surface area contributed by atoms with E-state index < -0.39 is 0 Å². The van der Waals surface area contributed by atoms with Gasteiger partial charge in [0.1, 0.15) is 0 Å². The van der Waals surface area contributed by atoms with Crippen molar-refractivity contribution in [2.24, 2.45) is 0 Å². The molecule has 7 rings (SSSR count). The SMILES string of the molecule is C1=CCC(B2c3ccccc3N3c4ccccc4B(c4ccccc4)c4cccc2c43)C=C1. The quantitative estimate of drug-likeness (QED) is 0.394. The molecule has 3 aliphatic rings. The van der Waals surface area contributed by atoms with E-state index >= 15 is 0 Å². The Bertz CT molecular complexity index is 1420. The Morgan fingerprint density at radius 3 is 2.06 bits per heavy atom. The average molecular weight is 419 g/mol. The lowest BCUT2D eigenvalue weighted by molar-refractivity contribution is 1.01. The Kier molecular flexibility index (Phi) is 4.23. The normalized spacial score (nSPS) is 17.5. The molecule has 0 radical (unpaired) electrons. The maximum atomic E-state index is 2.54. The van der Waals surface area contributed by atoms with Gasteiger partial charge in [-0.2, -0.15) is 0 Å². The van der Waals surface area contributed by atoms with Crippen LogP contribution in [0.3, 0.4) is 0 Å². The first-order valence-electron chi connectivity index (χ1n) is 11.9. The van der Waals surface area contributed by atoms with Crippen LogP contribution >= 0.6 is 0 Å². The van der Waals surface area contributed by atoms with Gasteiger partial charge >= 0.3 is 0 Å². The molecule has 0 fully saturated rings. The molecule has 33 heavy (non-hydrogen) atoms. The molecule has 1 atom stereocenters. The minimum atomic E-state index is 0.237. The molecule has 2 aliphatic heterocycles. The minimum Gasteiger partial charge on any atom is -0.313 e. The highest BCUT2D eigenvalue weighted by molar-refractivity contribution is 6.99. The van der Waals surface area contributed by atoms with Gasteiger partial charge in [0.15, 0.2) is 0 Å². The summed E-state index contributed by atoms with van der Waals surface area (Å²) in [5.41, 5.74) is 11.0. The highest BCUT2D eigenvalue weighted by Gasteiger charge is 2.43. The molecular formula is C30H23B2N. The van der Waals surface area contributed by atoms with Crippen molar-refractivity contribution >= 4 is 57.8 Å².